The highest BCUT2D eigenvalue weighted by molar-refractivity contribution is 5.81. The SMILES string of the molecule is CCNC(=O)C(C)NCC(C)OCC. The maximum absolute atomic E-state index is 11.3. The third kappa shape index (κ3) is 5.94. The van der Waals surface area contributed by atoms with E-state index in [1.807, 2.05) is 27.7 Å². The van der Waals surface area contributed by atoms with E-state index in [0.717, 1.165) is 0 Å². The largest absolute Gasteiger partial charge is 0.377 e. The summed E-state index contributed by atoms with van der Waals surface area (Å²) < 4.78 is 5.34. The highest BCUT2D eigenvalue weighted by Gasteiger charge is 2.11. The van der Waals surface area contributed by atoms with Gasteiger partial charge in [0.25, 0.3) is 0 Å². The zero-order valence-electron chi connectivity index (χ0n) is 9.59. The van der Waals surface area contributed by atoms with Gasteiger partial charge in [-0.25, -0.2) is 0 Å². The molecule has 0 aliphatic rings. The van der Waals surface area contributed by atoms with Crippen molar-refractivity contribution in [2.24, 2.45) is 0 Å². The monoisotopic (exact) mass is 202 g/mol. The number of carbonyl (C=O) groups excluding carboxylic acids is 1. The molecule has 0 bridgehead atoms. The van der Waals surface area contributed by atoms with Gasteiger partial charge in [0.15, 0.2) is 0 Å². The number of nitrogens with one attached hydrogen (secondary N) is 2. The van der Waals surface area contributed by atoms with Gasteiger partial charge in [0.2, 0.25) is 5.91 Å². The minimum Gasteiger partial charge on any atom is -0.377 e. The number of hydrogen-bond acceptors (Lipinski definition) is 3. The first-order valence-electron chi connectivity index (χ1n) is 5.24. The van der Waals surface area contributed by atoms with Crippen LogP contribution in [-0.4, -0.2) is 37.7 Å². The summed E-state index contributed by atoms with van der Waals surface area (Å²) in [4.78, 5) is 11.3. The van der Waals surface area contributed by atoms with Gasteiger partial charge in [-0.3, -0.25) is 4.79 Å². The van der Waals surface area contributed by atoms with E-state index in [-0.39, 0.29) is 18.1 Å². The van der Waals surface area contributed by atoms with Crippen LogP contribution in [0.5, 0.6) is 0 Å². The molecular weight excluding hydrogens is 180 g/mol. The molecule has 0 aromatic heterocycles. The fraction of sp³-hybridized carbons (Fsp3) is 0.900. The molecule has 4 nitrogen and oxygen atoms in total. The van der Waals surface area contributed by atoms with Gasteiger partial charge in [0.1, 0.15) is 0 Å². The van der Waals surface area contributed by atoms with Crippen molar-refractivity contribution in [3.8, 4) is 0 Å². The molecule has 0 heterocycles. The molecule has 84 valence electrons. The predicted octanol–water partition coefficient (Wildman–Crippen LogP) is 0.526. The molecule has 0 fully saturated rings. The van der Waals surface area contributed by atoms with E-state index >= 15 is 0 Å². The van der Waals surface area contributed by atoms with Crippen LogP contribution >= 0.6 is 0 Å². The Hall–Kier alpha value is -0.610. The van der Waals surface area contributed by atoms with Crippen LogP contribution in [0.1, 0.15) is 27.7 Å². The standard InChI is InChI=1S/C10H22N2O2/c1-5-11-10(13)9(4)12-7-8(3)14-6-2/h8-9,12H,5-7H2,1-4H3,(H,11,13). The quantitative estimate of drug-likeness (QED) is 0.633. The van der Waals surface area contributed by atoms with Gasteiger partial charge in [0.05, 0.1) is 12.1 Å². The lowest BCUT2D eigenvalue weighted by Crippen LogP contribution is -2.44. The summed E-state index contributed by atoms with van der Waals surface area (Å²) in [5.74, 6) is 0.0381. The molecule has 0 aromatic carbocycles. The topological polar surface area (TPSA) is 50.4 Å². The van der Waals surface area contributed by atoms with Crippen LogP contribution in [0.2, 0.25) is 0 Å². The molecule has 0 saturated heterocycles. The normalized spacial score (nSPS) is 14.9. The maximum atomic E-state index is 11.3. The minimum atomic E-state index is -0.155. The number of amides is 1. The molecule has 0 aromatic rings. The van der Waals surface area contributed by atoms with E-state index in [1.165, 1.54) is 0 Å². The third-order valence-electron chi connectivity index (χ3n) is 1.91. The Morgan fingerprint density at radius 2 is 2.00 bits per heavy atom. The number of rotatable bonds is 7. The average Bonchev–Trinajstić information content (AvgIpc) is 2.15. The number of hydrogen-bond donors (Lipinski definition) is 2. The minimum absolute atomic E-state index is 0.0381. The summed E-state index contributed by atoms with van der Waals surface area (Å²) in [5, 5.41) is 5.87. The van der Waals surface area contributed by atoms with Gasteiger partial charge in [-0.15, -0.1) is 0 Å². The molecule has 0 spiro atoms. The molecule has 0 aliphatic heterocycles. The lowest BCUT2D eigenvalue weighted by atomic mass is 10.3. The van der Waals surface area contributed by atoms with Crippen LogP contribution in [0.25, 0.3) is 0 Å². The molecule has 14 heavy (non-hydrogen) atoms. The van der Waals surface area contributed by atoms with Crippen molar-refractivity contribution in [3.05, 3.63) is 0 Å². The highest BCUT2D eigenvalue weighted by Crippen LogP contribution is 1.89. The number of likely N-dealkylation sites (N-methyl/N-ethyl adjacent to an activating group) is 1. The lowest BCUT2D eigenvalue weighted by Gasteiger charge is -2.17. The summed E-state index contributed by atoms with van der Waals surface area (Å²) in [5.41, 5.74) is 0. The Morgan fingerprint density at radius 1 is 1.36 bits per heavy atom. The zero-order chi connectivity index (χ0) is 11.0. The van der Waals surface area contributed by atoms with Crippen LogP contribution in [0.4, 0.5) is 0 Å². The van der Waals surface area contributed by atoms with Crippen molar-refractivity contribution in [3.63, 3.8) is 0 Å². The Labute approximate surface area is 86.4 Å². The molecule has 2 N–H and O–H groups in total. The van der Waals surface area contributed by atoms with Gasteiger partial charge in [-0.05, 0) is 27.7 Å². The van der Waals surface area contributed by atoms with Crippen LogP contribution in [-0.2, 0) is 9.53 Å². The maximum Gasteiger partial charge on any atom is 0.236 e. The fourth-order valence-electron chi connectivity index (χ4n) is 1.11. The van der Waals surface area contributed by atoms with Gasteiger partial charge in [-0.1, -0.05) is 0 Å². The van der Waals surface area contributed by atoms with Gasteiger partial charge in [0, 0.05) is 19.7 Å². The van der Waals surface area contributed by atoms with Crippen molar-refractivity contribution < 1.29 is 9.53 Å². The van der Waals surface area contributed by atoms with Crippen molar-refractivity contribution in [2.45, 2.75) is 39.8 Å². The van der Waals surface area contributed by atoms with Crippen molar-refractivity contribution in [1.82, 2.24) is 10.6 Å². The Balaban J connectivity index is 3.61. The molecule has 0 saturated carbocycles. The van der Waals surface area contributed by atoms with Crippen LogP contribution in [0, 0.1) is 0 Å². The molecule has 2 atom stereocenters. The fourth-order valence-corrected chi connectivity index (χ4v) is 1.11. The molecule has 0 rings (SSSR count). The van der Waals surface area contributed by atoms with E-state index in [9.17, 15) is 4.79 Å². The van der Waals surface area contributed by atoms with Crippen LogP contribution < -0.4 is 10.6 Å². The van der Waals surface area contributed by atoms with Gasteiger partial charge < -0.3 is 15.4 Å². The second-order valence-corrected chi connectivity index (χ2v) is 3.29. The first-order valence-corrected chi connectivity index (χ1v) is 5.24. The van der Waals surface area contributed by atoms with E-state index < -0.39 is 0 Å². The highest BCUT2D eigenvalue weighted by atomic mass is 16.5. The lowest BCUT2D eigenvalue weighted by molar-refractivity contribution is -0.122. The molecule has 4 heteroatoms. The molecule has 0 radical (unpaired) electrons. The molecule has 2 unspecified atom stereocenters. The second kappa shape index (κ2) is 7.76. The van der Waals surface area contributed by atoms with Crippen molar-refractivity contribution in [2.75, 3.05) is 19.7 Å². The number of ether oxygens (including phenoxy) is 1. The van der Waals surface area contributed by atoms with E-state index in [0.29, 0.717) is 19.7 Å². The first kappa shape index (κ1) is 13.4. The molecule has 1 amide bonds. The van der Waals surface area contributed by atoms with Gasteiger partial charge >= 0.3 is 0 Å². The van der Waals surface area contributed by atoms with E-state index in [4.69, 9.17) is 4.74 Å². The molecular formula is C10H22N2O2. The summed E-state index contributed by atoms with van der Waals surface area (Å²) in [6, 6.07) is -0.155. The summed E-state index contributed by atoms with van der Waals surface area (Å²) in [6.45, 7) is 9.79. The van der Waals surface area contributed by atoms with Crippen molar-refractivity contribution in [1.29, 1.82) is 0 Å². The van der Waals surface area contributed by atoms with E-state index in [2.05, 4.69) is 10.6 Å². The van der Waals surface area contributed by atoms with Gasteiger partial charge in [-0.2, -0.15) is 0 Å². The van der Waals surface area contributed by atoms with E-state index in [1.54, 1.807) is 0 Å². The summed E-state index contributed by atoms with van der Waals surface area (Å²) >= 11 is 0. The average molecular weight is 202 g/mol. The van der Waals surface area contributed by atoms with Crippen LogP contribution in [0.3, 0.4) is 0 Å². The van der Waals surface area contributed by atoms with Crippen molar-refractivity contribution >= 4 is 5.91 Å². The first-order chi connectivity index (χ1) is 6.61. The smallest absolute Gasteiger partial charge is 0.236 e. The number of carbonyl (C=O) groups is 1. The summed E-state index contributed by atoms with van der Waals surface area (Å²) in [7, 11) is 0. The second-order valence-electron chi connectivity index (χ2n) is 3.29. The summed E-state index contributed by atoms with van der Waals surface area (Å²) in [6.07, 6.45) is 0.150. The Kier molecular flexibility index (Phi) is 7.42. The zero-order valence-corrected chi connectivity index (χ0v) is 9.59. The Bertz CT molecular complexity index is 162. The third-order valence-corrected chi connectivity index (χ3v) is 1.91. The predicted molar refractivity (Wildman–Crippen MR) is 57.2 cm³/mol. The molecule has 0 aliphatic carbocycles. The van der Waals surface area contributed by atoms with Crippen LogP contribution in [0.15, 0.2) is 0 Å². The Morgan fingerprint density at radius 3 is 2.50 bits per heavy atom.